The molecule has 0 radical (unpaired) electrons. The normalized spacial score (nSPS) is 14.7. The first-order valence-corrected chi connectivity index (χ1v) is 14.7. The quantitative estimate of drug-likeness (QED) is 0.140. The molecule has 0 saturated heterocycles. The van der Waals surface area contributed by atoms with Gasteiger partial charge in [-0.15, -0.1) is 0 Å². The first-order valence-electron chi connectivity index (χ1n) is 13.9. The molecule has 3 rings (SSSR count). The molecule has 4 atom stereocenters. The predicted molar refractivity (Wildman–Crippen MR) is 162 cm³/mol. The summed E-state index contributed by atoms with van der Waals surface area (Å²) in [4.78, 5) is 38.7. The van der Waals surface area contributed by atoms with E-state index < -0.39 is 60.2 Å². The molecule has 4 N–H and O–H groups in total. The molecule has 0 saturated carbocycles. The van der Waals surface area contributed by atoms with Gasteiger partial charge in [0.15, 0.2) is 0 Å². The van der Waals surface area contributed by atoms with Crippen molar-refractivity contribution < 1.29 is 36.3 Å². The molecule has 0 bridgehead atoms. The summed E-state index contributed by atoms with van der Waals surface area (Å²) in [5.41, 5.74) is 8.73. The summed E-state index contributed by atoms with van der Waals surface area (Å²) in [6.07, 6.45) is -4.82. The Kier molecular flexibility index (Phi) is 12.1. The van der Waals surface area contributed by atoms with Gasteiger partial charge in [-0.05, 0) is 41.2 Å². The van der Waals surface area contributed by atoms with E-state index in [9.17, 15) is 36.3 Å². The maximum absolute atomic E-state index is 14.8. The van der Waals surface area contributed by atoms with E-state index in [4.69, 9.17) is 28.9 Å². The van der Waals surface area contributed by atoms with Gasteiger partial charge < -0.3 is 16.4 Å². The van der Waals surface area contributed by atoms with Crippen LogP contribution in [0.2, 0.25) is 10.0 Å². The maximum atomic E-state index is 14.8. The smallest absolute Gasteiger partial charge is 0.345 e. The fourth-order valence-electron chi connectivity index (χ4n) is 4.92. The van der Waals surface area contributed by atoms with Crippen LogP contribution in [0.25, 0.3) is 0 Å². The zero-order valence-electron chi connectivity index (χ0n) is 24.3. The number of hydrogen-bond acceptors (Lipinski definition) is 4. The van der Waals surface area contributed by atoms with Crippen molar-refractivity contribution in [3.63, 3.8) is 0 Å². The van der Waals surface area contributed by atoms with E-state index in [1.54, 1.807) is 48.5 Å². The fourth-order valence-corrected chi connectivity index (χ4v) is 5.22. The number of carbonyl (C=O) groups is 3. The number of ketones is 1. The number of halogens is 7. The molecule has 242 valence electrons. The SMILES string of the molecule is CC(C)[C@H](NC(=O)[C@@H](c1ccccc1)C(N)CC(c1ccccc1)c1ccc(Cl)c(Cl)c1)C(=O)C(F)(F)C(=O)NCC(F)(F)F. The monoisotopic (exact) mass is 671 g/mol. The number of amides is 2. The average molecular weight is 673 g/mol. The minimum atomic E-state index is -4.98. The second kappa shape index (κ2) is 15.2. The van der Waals surface area contributed by atoms with Crippen LogP contribution in [0.1, 0.15) is 48.8 Å². The van der Waals surface area contributed by atoms with E-state index in [1.165, 1.54) is 13.8 Å². The van der Waals surface area contributed by atoms with Crippen LogP contribution in [0.3, 0.4) is 0 Å². The highest BCUT2D eigenvalue weighted by Crippen LogP contribution is 2.36. The molecule has 0 aromatic heterocycles. The lowest BCUT2D eigenvalue weighted by molar-refractivity contribution is -0.165. The standard InChI is InChI=1S/C32H32Cl2F5N3O3/c1-18(2)27(28(43)32(38,39)30(45)41-17-31(35,36)37)42-29(44)26(20-11-7-4-8-12-20)25(40)16-22(19-9-5-3-6-10-19)21-13-14-23(33)24(34)15-21/h3-15,18,22,25-27H,16-17,40H2,1-2H3,(H,41,45)(H,42,44)/t22?,25?,26-,27-/m0/s1. The molecule has 3 aromatic rings. The van der Waals surface area contributed by atoms with E-state index in [0.29, 0.717) is 15.6 Å². The molecule has 0 spiro atoms. The zero-order chi connectivity index (χ0) is 33.5. The van der Waals surface area contributed by atoms with Crippen LogP contribution in [-0.2, 0) is 14.4 Å². The predicted octanol–water partition coefficient (Wildman–Crippen LogP) is 6.65. The van der Waals surface area contributed by atoms with E-state index in [1.807, 2.05) is 30.3 Å². The molecule has 0 aliphatic heterocycles. The average Bonchev–Trinajstić information content (AvgIpc) is 2.99. The molecule has 6 nitrogen and oxygen atoms in total. The van der Waals surface area contributed by atoms with E-state index >= 15 is 0 Å². The third-order valence-electron chi connectivity index (χ3n) is 7.22. The molecule has 45 heavy (non-hydrogen) atoms. The first-order chi connectivity index (χ1) is 21.0. The summed E-state index contributed by atoms with van der Waals surface area (Å²) in [5, 5.41) is 3.99. The molecular formula is C32H32Cl2F5N3O3. The Balaban J connectivity index is 1.95. The summed E-state index contributed by atoms with van der Waals surface area (Å²) in [5.74, 6) is -12.7. The van der Waals surface area contributed by atoms with Crippen molar-refractivity contribution in [2.45, 2.75) is 56.3 Å². The topological polar surface area (TPSA) is 101 Å². The van der Waals surface area contributed by atoms with Crippen LogP contribution in [-0.4, -0.2) is 48.3 Å². The summed E-state index contributed by atoms with van der Waals surface area (Å²) in [6, 6.07) is 19.7. The number of nitrogens with one attached hydrogen (secondary N) is 2. The third kappa shape index (κ3) is 9.48. The molecule has 2 amide bonds. The second-order valence-electron chi connectivity index (χ2n) is 10.9. The van der Waals surface area contributed by atoms with Crippen molar-refractivity contribution in [1.29, 1.82) is 0 Å². The van der Waals surface area contributed by atoms with Crippen LogP contribution in [0.4, 0.5) is 22.0 Å². The Bertz CT molecular complexity index is 1470. The Morgan fingerprint density at radius 2 is 1.36 bits per heavy atom. The number of carbonyl (C=O) groups excluding carboxylic acids is 3. The zero-order valence-corrected chi connectivity index (χ0v) is 25.8. The lowest BCUT2D eigenvalue weighted by Gasteiger charge is -2.31. The molecule has 13 heteroatoms. The van der Waals surface area contributed by atoms with Crippen LogP contribution in [0.15, 0.2) is 78.9 Å². The van der Waals surface area contributed by atoms with Gasteiger partial charge in [0, 0.05) is 12.0 Å². The Morgan fingerprint density at radius 3 is 1.87 bits per heavy atom. The van der Waals surface area contributed by atoms with Crippen LogP contribution < -0.4 is 16.4 Å². The van der Waals surface area contributed by atoms with Gasteiger partial charge in [-0.1, -0.05) is 104 Å². The van der Waals surface area contributed by atoms with E-state index in [0.717, 1.165) is 16.4 Å². The molecule has 0 heterocycles. The van der Waals surface area contributed by atoms with Gasteiger partial charge in [0.05, 0.1) is 22.0 Å². The molecule has 2 unspecified atom stereocenters. The van der Waals surface area contributed by atoms with Gasteiger partial charge in [0.1, 0.15) is 6.54 Å². The van der Waals surface area contributed by atoms with Crippen molar-refractivity contribution >= 4 is 40.8 Å². The molecule has 0 aliphatic carbocycles. The number of nitrogens with two attached hydrogens (primary N) is 1. The number of rotatable bonds is 13. The van der Waals surface area contributed by atoms with E-state index in [2.05, 4.69) is 5.32 Å². The lowest BCUT2D eigenvalue weighted by atomic mass is 9.80. The molecule has 0 aliphatic rings. The van der Waals surface area contributed by atoms with Crippen LogP contribution in [0, 0.1) is 5.92 Å². The second-order valence-corrected chi connectivity index (χ2v) is 11.7. The molecule has 3 aromatic carbocycles. The van der Waals surface area contributed by atoms with Gasteiger partial charge in [-0.3, -0.25) is 14.4 Å². The lowest BCUT2D eigenvalue weighted by Crippen LogP contribution is -2.58. The minimum Gasteiger partial charge on any atom is -0.345 e. The van der Waals surface area contributed by atoms with Crippen molar-refractivity contribution in [2.75, 3.05) is 6.54 Å². The first kappa shape index (κ1) is 35.9. The highest BCUT2D eigenvalue weighted by Gasteiger charge is 2.52. The Hall–Kier alpha value is -3.54. The van der Waals surface area contributed by atoms with Crippen molar-refractivity contribution in [1.82, 2.24) is 10.6 Å². The Labute approximate surface area is 267 Å². The van der Waals surface area contributed by atoms with Gasteiger partial charge >= 0.3 is 12.1 Å². The van der Waals surface area contributed by atoms with E-state index in [-0.39, 0.29) is 12.3 Å². The minimum absolute atomic E-state index is 0.158. The van der Waals surface area contributed by atoms with Crippen molar-refractivity contribution in [3.8, 4) is 0 Å². The summed E-state index contributed by atoms with van der Waals surface area (Å²) in [7, 11) is 0. The van der Waals surface area contributed by atoms with Crippen LogP contribution >= 0.6 is 23.2 Å². The number of hydrogen-bond donors (Lipinski definition) is 3. The third-order valence-corrected chi connectivity index (χ3v) is 7.96. The van der Waals surface area contributed by atoms with Gasteiger partial charge in [0.25, 0.3) is 5.91 Å². The molecule has 0 fully saturated rings. The van der Waals surface area contributed by atoms with Gasteiger partial charge in [-0.25, -0.2) is 0 Å². The molecular weight excluding hydrogens is 640 g/mol. The van der Waals surface area contributed by atoms with Crippen molar-refractivity contribution in [3.05, 3.63) is 106 Å². The number of benzene rings is 3. The fraction of sp³-hybridized carbons (Fsp3) is 0.344. The van der Waals surface area contributed by atoms with Gasteiger partial charge in [-0.2, -0.15) is 22.0 Å². The summed E-state index contributed by atoms with van der Waals surface area (Å²) < 4.78 is 67.2. The largest absolute Gasteiger partial charge is 0.405 e. The number of Topliss-reactive ketones (excluding diaryl/α,β-unsaturated/α-hetero) is 1. The highest BCUT2D eigenvalue weighted by atomic mass is 35.5. The van der Waals surface area contributed by atoms with Crippen LogP contribution in [0.5, 0.6) is 0 Å². The summed E-state index contributed by atoms with van der Waals surface area (Å²) >= 11 is 12.4. The number of alkyl halides is 5. The Morgan fingerprint density at radius 1 is 0.800 bits per heavy atom. The van der Waals surface area contributed by atoms with Crippen molar-refractivity contribution in [2.24, 2.45) is 11.7 Å². The summed E-state index contributed by atoms with van der Waals surface area (Å²) in [6.45, 7) is 0.638. The maximum Gasteiger partial charge on any atom is 0.405 e. The van der Waals surface area contributed by atoms with Gasteiger partial charge in [0.2, 0.25) is 11.7 Å². The highest BCUT2D eigenvalue weighted by molar-refractivity contribution is 6.42.